The molecule has 126 valence electrons. The minimum absolute atomic E-state index is 0.0304. The predicted octanol–water partition coefficient (Wildman–Crippen LogP) is 4.66. The summed E-state index contributed by atoms with van der Waals surface area (Å²) in [4.78, 5) is 0. The van der Waals surface area contributed by atoms with Gasteiger partial charge < -0.3 is 15.2 Å². The predicted molar refractivity (Wildman–Crippen MR) is 82.7 cm³/mol. The van der Waals surface area contributed by atoms with Gasteiger partial charge in [0.15, 0.2) is 0 Å². The molecule has 0 aromatic heterocycles. The molecule has 0 bridgehead atoms. The smallest absolute Gasteiger partial charge is 0.416 e. The van der Waals surface area contributed by atoms with Crippen molar-refractivity contribution in [3.8, 4) is 5.75 Å². The minimum Gasteiger partial charge on any atom is -0.508 e. The van der Waals surface area contributed by atoms with Crippen molar-refractivity contribution in [1.29, 1.82) is 0 Å². The second kappa shape index (κ2) is 5.41. The zero-order chi connectivity index (χ0) is 16.9. The fourth-order valence-electron chi connectivity index (χ4n) is 3.70. The lowest BCUT2D eigenvalue weighted by molar-refractivity contribution is -0.137. The highest BCUT2D eigenvalue weighted by Gasteiger charge is 2.42. The van der Waals surface area contributed by atoms with Crippen molar-refractivity contribution in [2.45, 2.75) is 24.7 Å². The number of rotatable bonds is 1. The molecule has 0 spiro atoms. The summed E-state index contributed by atoms with van der Waals surface area (Å²) in [5.41, 5.74) is 1.46. The van der Waals surface area contributed by atoms with Crippen LogP contribution in [0, 0.1) is 5.92 Å². The Labute approximate surface area is 137 Å². The zero-order valence-electron chi connectivity index (χ0n) is 12.7. The Morgan fingerprint density at radius 3 is 2.71 bits per heavy atom. The maximum atomic E-state index is 13.0. The van der Waals surface area contributed by atoms with Gasteiger partial charge in [0.2, 0.25) is 0 Å². The van der Waals surface area contributed by atoms with E-state index in [-0.39, 0.29) is 23.8 Å². The molecule has 3 nitrogen and oxygen atoms in total. The quantitative estimate of drug-likeness (QED) is 0.797. The highest BCUT2D eigenvalue weighted by molar-refractivity contribution is 5.59. The number of fused-ring (bicyclic) bond motifs is 3. The van der Waals surface area contributed by atoms with Gasteiger partial charge in [-0.1, -0.05) is 12.1 Å². The monoisotopic (exact) mass is 335 g/mol. The van der Waals surface area contributed by atoms with E-state index in [1.165, 1.54) is 12.1 Å². The van der Waals surface area contributed by atoms with E-state index < -0.39 is 11.7 Å². The molecule has 2 heterocycles. The maximum absolute atomic E-state index is 13.0. The Kier molecular flexibility index (Phi) is 3.46. The molecule has 1 saturated heterocycles. The number of nitrogens with one attached hydrogen (secondary N) is 1. The SMILES string of the molecule is Oc1cccc([C@@H]2Nc3ccc(C(F)(F)F)cc3C3OCCC32)c1. The number of halogens is 3. The van der Waals surface area contributed by atoms with Crippen LogP contribution in [0.15, 0.2) is 42.5 Å². The third-order valence-electron chi connectivity index (χ3n) is 4.79. The average molecular weight is 335 g/mol. The van der Waals surface area contributed by atoms with E-state index in [2.05, 4.69) is 5.32 Å². The van der Waals surface area contributed by atoms with Gasteiger partial charge in [-0.15, -0.1) is 0 Å². The molecule has 0 radical (unpaired) electrons. The first-order chi connectivity index (χ1) is 11.4. The zero-order valence-corrected chi connectivity index (χ0v) is 12.7. The lowest BCUT2D eigenvalue weighted by Gasteiger charge is -2.36. The molecule has 1 fully saturated rings. The second-order valence-corrected chi connectivity index (χ2v) is 6.26. The van der Waals surface area contributed by atoms with Crippen LogP contribution in [0.3, 0.4) is 0 Å². The van der Waals surface area contributed by atoms with E-state index in [0.717, 1.165) is 18.1 Å². The normalized spacial score (nSPS) is 25.7. The molecule has 24 heavy (non-hydrogen) atoms. The van der Waals surface area contributed by atoms with Gasteiger partial charge in [0.25, 0.3) is 0 Å². The molecular weight excluding hydrogens is 319 g/mol. The van der Waals surface area contributed by atoms with E-state index in [0.29, 0.717) is 17.9 Å². The van der Waals surface area contributed by atoms with Crippen molar-refractivity contribution in [2.24, 2.45) is 5.92 Å². The number of anilines is 1. The van der Waals surface area contributed by atoms with Crippen molar-refractivity contribution >= 4 is 5.69 Å². The van der Waals surface area contributed by atoms with Gasteiger partial charge >= 0.3 is 6.18 Å². The number of benzene rings is 2. The Morgan fingerprint density at radius 2 is 1.96 bits per heavy atom. The first-order valence-corrected chi connectivity index (χ1v) is 7.82. The third-order valence-corrected chi connectivity index (χ3v) is 4.79. The number of phenols is 1. The second-order valence-electron chi connectivity index (χ2n) is 6.26. The molecule has 2 aromatic rings. The van der Waals surface area contributed by atoms with Crippen LogP contribution >= 0.6 is 0 Å². The number of aromatic hydroxyl groups is 1. The molecular formula is C18H16F3NO2. The van der Waals surface area contributed by atoms with E-state index in [4.69, 9.17) is 4.74 Å². The van der Waals surface area contributed by atoms with Crippen LogP contribution in [-0.2, 0) is 10.9 Å². The fourth-order valence-corrected chi connectivity index (χ4v) is 3.70. The maximum Gasteiger partial charge on any atom is 0.416 e. The highest BCUT2D eigenvalue weighted by Crippen LogP contribution is 2.51. The van der Waals surface area contributed by atoms with Crippen molar-refractivity contribution < 1.29 is 23.0 Å². The van der Waals surface area contributed by atoms with Crippen LogP contribution in [0.5, 0.6) is 5.75 Å². The Bertz CT molecular complexity index is 775. The highest BCUT2D eigenvalue weighted by atomic mass is 19.4. The molecule has 3 atom stereocenters. The molecule has 4 rings (SSSR count). The lowest BCUT2D eigenvalue weighted by atomic mass is 9.80. The van der Waals surface area contributed by atoms with Gasteiger partial charge in [-0.2, -0.15) is 13.2 Å². The average Bonchev–Trinajstić information content (AvgIpc) is 3.02. The van der Waals surface area contributed by atoms with Gasteiger partial charge in [0.1, 0.15) is 5.75 Å². The van der Waals surface area contributed by atoms with E-state index in [9.17, 15) is 18.3 Å². The fraction of sp³-hybridized carbons (Fsp3) is 0.333. The van der Waals surface area contributed by atoms with Crippen LogP contribution in [0.4, 0.5) is 18.9 Å². The summed E-state index contributed by atoms with van der Waals surface area (Å²) in [5.74, 6) is 0.200. The van der Waals surface area contributed by atoms with Crippen molar-refractivity contribution in [1.82, 2.24) is 0 Å². The summed E-state index contributed by atoms with van der Waals surface area (Å²) in [6.45, 7) is 0.516. The summed E-state index contributed by atoms with van der Waals surface area (Å²) in [5, 5.41) is 13.1. The summed E-state index contributed by atoms with van der Waals surface area (Å²) in [6.07, 6.45) is -3.98. The van der Waals surface area contributed by atoms with Crippen LogP contribution in [0.25, 0.3) is 0 Å². The lowest BCUT2D eigenvalue weighted by Crippen LogP contribution is -2.29. The summed E-state index contributed by atoms with van der Waals surface area (Å²) in [6, 6.07) is 10.6. The van der Waals surface area contributed by atoms with Gasteiger partial charge in [0, 0.05) is 23.8 Å². The van der Waals surface area contributed by atoms with Crippen molar-refractivity contribution in [3.63, 3.8) is 0 Å². The van der Waals surface area contributed by atoms with Gasteiger partial charge in [-0.05, 0) is 42.3 Å². The van der Waals surface area contributed by atoms with E-state index >= 15 is 0 Å². The molecule has 2 unspecified atom stereocenters. The molecule has 2 aliphatic rings. The number of hydrogen-bond acceptors (Lipinski definition) is 3. The van der Waals surface area contributed by atoms with Crippen molar-refractivity contribution in [3.05, 3.63) is 59.2 Å². The first-order valence-electron chi connectivity index (χ1n) is 7.82. The van der Waals surface area contributed by atoms with Crippen LogP contribution < -0.4 is 5.32 Å². The number of alkyl halides is 3. The standard InChI is InChI=1S/C18H16F3NO2/c19-18(20,21)11-4-5-15-14(9-11)17-13(6-7-24-17)16(22-15)10-2-1-3-12(23)8-10/h1-5,8-9,13,16-17,22-23H,6-7H2/t13?,16-,17?/m0/s1. The largest absolute Gasteiger partial charge is 0.508 e. The van der Waals surface area contributed by atoms with Gasteiger partial charge in [-0.25, -0.2) is 0 Å². The molecule has 2 aliphatic heterocycles. The molecule has 6 heteroatoms. The Morgan fingerprint density at radius 1 is 1.12 bits per heavy atom. The van der Waals surface area contributed by atoms with Gasteiger partial charge in [-0.3, -0.25) is 0 Å². The van der Waals surface area contributed by atoms with Crippen molar-refractivity contribution in [2.75, 3.05) is 11.9 Å². The Hall–Kier alpha value is -2.21. The Balaban J connectivity index is 1.77. The third kappa shape index (κ3) is 2.51. The first kappa shape index (κ1) is 15.3. The molecule has 0 saturated carbocycles. The molecule has 0 aliphatic carbocycles. The van der Waals surface area contributed by atoms with Gasteiger partial charge in [0.05, 0.1) is 17.7 Å². The summed E-state index contributed by atoms with van der Waals surface area (Å²) in [7, 11) is 0. The molecule has 2 N–H and O–H groups in total. The van der Waals surface area contributed by atoms with E-state index in [1.54, 1.807) is 18.2 Å². The van der Waals surface area contributed by atoms with Crippen LogP contribution in [0.2, 0.25) is 0 Å². The number of ether oxygens (including phenoxy) is 1. The van der Waals surface area contributed by atoms with Crippen LogP contribution in [-0.4, -0.2) is 11.7 Å². The van der Waals surface area contributed by atoms with E-state index in [1.807, 2.05) is 6.07 Å². The molecule has 0 amide bonds. The number of hydrogen-bond donors (Lipinski definition) is 2. The minimum atomic E-state index is -4.37. The topological polar surface area (TPSA) is 41.5 Å². The molecule has 2 aromatic carbocycles. The number of phenolic OH excluding ortho intramolecular Hbond substituents is 1. The summed E-state index contributed by atoms with van der Waals surface area (Å²) >= 11 is 0. The summed E-state index contributed by atoms with van der Waals surface area (Å²) < 4.78 is 44.8. The van der Waals surface area contributed by atoms with Crippen LogP contribution in [0.1, 0.15) is 35.3 Å².